The molecule has 6 nitrogen and oxygen atoms in total. The maximum Gasteiger partial charge on any atom is 0.416 e. The molecule has 3 aromatic carbocycles. The zero-order chi connectivity index (χ0) is 24.5. The van der Waals surface area contributed by atoms with E-state index in [-0.39, 0.29) is 5.69 Å². The van der Waals surface area contributed by atoms with Crippen molar-refractivity contribution in [3.63, 3.8) is 0 Å². The Morgan fingerprint density at radius 3 is 2.53 bits per heavy atom. The van der Waals surface area contributed by atoms with Gasteiger partial charge in [-0.25, -0.2) is 0 Å². The molecular weight excluding hydrogens is 492 g/mol. The van der Waals surface area contributed by atoms with Crippen LogP contribution in [0.3, 0.4) is 0 Å². The van der Waals surface area contributed by atoms with Gasteiger partial charge in [-0.1, -0.05) is 47.5 Å². The molecule has 0 unspecified atom stereocenters. The molecule has 1 aromatic heterocycles. The van der Waals surface area contributed by atoms with Gasteiger partial charge in [0.1, 0.15) is 5.69 Å². The van der Waals surface area contributed by atoms with E-state index >= 15 is 0 Å². The number of halogens is 5. The normalized spacial score (nSPS) is 11.9. The molecule has 11 heteroatoms. The largest absolute Gasteiger partial charge is 0.416 e. The Morgan fingerprint density at radius 2 is 1.82 bits per heavy atom. The third-order valence-electron chi connectivity index (χ3n) is 5.07. The maximum absolute atomic E-state index is 12.9. The third kappa shape index (κ3) is 5.00. The Hall–Kier alpha value is -3.56. The monoisotopic (exact) mass is 506 g/mol. The van der Waals surface area contributed by atoms with Crippen LogP contribution in [0, 0.1) is 10.1 Å². The summed E-state index contributed by atoms with van der Waals surface area (Å²) in [6.07, 6.45) is -1.39. The fraction of sp³-hybridized carbons (Fsp3) is 0.0870. The van der Waals surface area contributed by atoms with Gasteiger partial charge in [0.25, 0.3) is 5.69 Å². The summed E-state index contributed by atoms with van der Waals surface area (Å²) >= 11 is 12.1. The fourth-order valence-electron chi connectivity index (χ4n) is 3.47. The predicted molar refractivity (Wildman–Crippen MR) is 127 cm³/mol. The number of para-hydroxylation sites is 1. The van der Waals surface area contributed by atoms with Gasteiger partial charge in [-0.2, -0.15) is 18.3 Å². The molecular formula is C23H15Cl2F3N4O2. The number of anilines is 1. The van der Waals surface area contributed by atoms with E-state index in [2.05, 4.69) is 10.5 Å². The number of hydrazone groups is 1. The van der Waals surface area contributed by atoms with Crippen LogP contribution in [-0.2, 0) is 12.7 Å². The molecule has 0 aliphatic carbocycles. The topological polar surface area (TPSA) is 72.5 Å². The second-order valence-corrected chi connectivity index (χ2v) is 8.15. The summed E-state index contributed by atoms with van der Waals surface area (Å²) in [4.78, 5) is 10.4. The van der Waals surface area contributed by atoms with Crippen molar-refractivity contribution in [3.05, 3.63) is 104 Å². The smallest absolute Gasteiger partial charge is 0.342 e. The number of benzene rings is 3. The molecule has 0 spiro atoms. The molecule has 1 heterocycles. The van der Waals surface area contributed by atoms with E-state index < -0.39 is 22.4 Å². The number of nitrogens with zero attached hydrogens (tertiary/aromatic N) is 3. The predicted octanol–water partition coefficient (Wildman–Crippen LogP) is 7.37. The van der Waals surface area contributed by atoms with Crippen LogP contribution in [-0.4, -0.2) is 15.7 Å². The standard InChI is InChI=1S/C23H15Cl2F3N4O2/c24-18-7-5-14(9-19(18)25)12-31-13-15(17-3-1-2-4-21(17)31)11-29-30-20-8-6-16(23(26,27)28)10-22(20)32(33)34/h1-11,13,30H,12H2/b29-11-. The lowest BCUT2D eigenvalue weighted by Gasteiger charge is -2.08. The third-order valence-corrected chi connectivity index (χ3v) is 5.81. The SMILES string of the molecule is O=[N+]([O-])c1cc(C(F)(F)F)ccc1N/N=C\c1cn(Cc2ccc(Cl)c(Cl)c2)c2ccccc12. The number of alkyl halides is 3. The lowest BCUT2D eigenvalue weighted by molar-refractivity contribution is -0.384. The molecule has 0 radical (unpaired) electrons. The van der Waals surface area contributed by atoms with Crippen LogP contribution < -0.4 is 5.43 Å². The maximum atomic E-state index is 12.9. The van der Waals surface area contributed by atoms with Gasteiger partial charge in [0.05, 0.1) is 26.7 Å². The number of fused-ring (bicyclic) bond motifs is 1. The molecule has 4 rings (SSSR count). The molecule has 0 fully saturated rings. The van der Waals surface area contributed by atoms with Gasteiger partial charge < -0.3 is 4.57 Å². The highest BCUT2D eigenvalue weighted by Crippen LogP contribution is 2.35. The summed E-state index contributed by atoms with van der Waals surface area (Å²) in [6.45, 7) is 0.503. The van der Waals surface area contributed by atoms with Crippen LogP contribution in [0.15, 0.2) is 72.0 Å². The minimum atomic E-state index is -4.69. The van der Waals surface area contributed by atoms with Crippen LogP contribution in [0.1, 0.15) is 16.7 Å². The molecule has 174 valence electrons. The fourth-order valence-corrected chi connectivity index (χ4v) is 3.79. The number of nitro groups is 1. The molecule has 34 heavy (non-hydrogen) atoms. The summed E-state index contributed by atoms with van der Waals surface area (Å²) in [5, 5.41) is 17.1. The molecule has 0 aliphatic rings. The molecule has 0 saturated carbocycles. The Morgan fingerprint density at radius 1 is 1.06 bits per heavy atom. The number of hydrogen-bond acceptors (Lipinski definition) is 4. The second kappa shape index (κ2) is 9.36. The first-order chi connectivity index (χ1) is 16.1. The first kappa shape index (κ1) is 23.6. The lowest BCUT2D eigenvalue weighted by atomic mass is 10.1. The van der Waals surface area contributed by atoms with E-state index in [0.717, 1.165) is 28.6 Å². The molecule has 1 N–H and O–H groups in total. The number of nitro benzene ring substituents is 1. The molecule has 0 amide bonds. The molecule has 0 saturated heterocycles. The van der Waals surface area contributed by atoms with Crippen molar-refractivity contribution in [2.75, 3.05) is 5.43 Å². The van der Waals surface area contributed by atoms with Crippen LogP contribution in [0.25, 0.3) is 10.9 Å². The van der Waals surface area contributed by atoms with Gasteiger partial charge in [-0.05, 0) is 35.9 Å². The lowest BCUT2D eigenvalue weighted by Crippen LogP contribution is -2.06. The van der Waals surface area contributed by atoms with Crippen molar-refractivity contribution in [2.45, 2.75) is 12.7 Å². The average molecular weight is 507 g/mol. The van der Waals surface area contributed by atoms with Crippen molar-refractivity contribution in [3.8, 4) is 0 Å². The average Bonchev–Trinajstić information content (AvgIpc) is 3.13. The molecule has 4 aromatic rings. The van der Waals surface area contributed by atoms with Crippen molar-refractivity contribution in [1.82, 2.24) is 4.57 Å². The Labute approximate surface area is 201 Å². The Kier molecular flexibility index (Phi) is 6.49. The Balaban J connectivity index is 1.62. The van der Waals surface area contributed by atoms with Gasteiger partial charge in [0.15, 0.2) is 0 Å². The highest BCUT2D eigenvalue weighted by molar-refractivity contribution is 6.42. The van der Waals surface area contributed by atoms with Crippen molar-refractivity contribution >= 4 is 51.7 Å². The van der Waals surface area contributed by atoms with Crippen LogP contribution in [0.4, 0.5) is 24.5 Å². The number of aromatic nitrogens is 1. The van der Waals surface area contributed by atoms with Crippen molar-refractivity contribution in [2.24, 2.45) is 5.10 Å². The van der Waals surface area contributed by atoms with Crippen LogP contribution in [0.5, 0.6) is 0 Å². The first-order valence-electron chi connectivity index (χ1n) is 9.80. The summed E-state index contributed by atoms with van der Waals surface area (Å²) in [7, 11) is 0. The zero-order valence-corrected chi connectivity index (χ0v) is 18.7. The molecule has 0 atom stereocenters. The van der Waals surface area contributed by atoms with Gasteiger partial charge in [0.2, 0.25) is 0 Å². The van der Waals surface area contributed by atoms with E-state index in [9.17, 15) is 23.3 Å². The van der Waals surface area contributed by atoms with Gasteiger partial charge in [-0.3, -0.25) is 15.5 Å². The number of rotatable bonds is 6. The Bertz CT molecular complexity index is 1420. The van der Waals surface area contributed by atoms with Gasteiger partial charge >= 0.3 is 6.18 Å². The van der Waals surface area contributed by atoms with E-state index in [1.165, 1.54) is 6.21 Å². The van der Waals surface area contributed by atoms with E-state index in [1.54, 1.807) is 12.1 Å². The minimum Gasteiger partial charge on any atom is -0.342 e. The van der Waals surface area contributed by atoms with Crippen molar-refractivity contribution in [1.29, 1.82) is 0 Å². The van der Waals surface area contributed by atoms with E-state index in [0.29, 0.717) is 28.2 Å². The molecule has 0 bridgehead atoms. The first-order valence-corrected chi connectivity index (χ1v) is 10.6. The van der Waals surface area contributed by atoms with Crippen molar-refractivity contribution < 1.29 is 18.1 Å². The summed E-state index contributed by atoms with van der Waals surface area (Å²) in [5.41, 5.74) is 3.03. The quantitative estimate of drug-likeness (QED) is 0.168. The molecule has 0 aliphatic heterocycles. The van der Waals surface area contributed by atoms with Gasteiger partial charge in [-0.15, -0.1) is 0 Å². The minimum absolute atomic E-state index is 0.159. The van der Waals surface area contributed by atoms with Gasteiger partial charge in [0, 0.05) is 35.3 Å². The highest BCUT2D eigenvalue weighted by Gasteiger charge is 2.33. The van der Waals surface area contributed by atoms with E-state index in [1.807, 2.05) is 41.1 Å². The highest BCUT2D eigenvalue weighted by atomic mass is 35.5. The van der Waals surface area contributed by atoms with Crippen LogP contribution >= 0.6 is 23.2 Å². The zero-order valence-electron chi connectivity index (χ0n) is 17.2. The summed E-state index contributed by atoms with van der Waals surface area (Å²) < 4.78 is 40.7. The number of hydrogen-bond donors (Lipinski definition) is 1. The van der Waals surface area contributed by atoms with E-state index in [4.69, 9.17) is 23.2 Å². The summed E-state index contributed by atoms with van der Waals surface area (Å²) in [5.74, 6) is 0. The van der Waals surface area contributed by atoms with Crippen LogP contribution in [0.2, 0.25) is 10.0 Å². The summed E-state index contributed by atoms with van der Waals surface area (Å²) in [6, 6.07) is 15.1. The second-order valence-electron chi connectivity index (χ2n) is 7.33. The number of nitrogens with one attached hydrogen (secondary N) is 1.